The largest absolute Gasteiger partial charge is 0.300 e. The van der Waals surface area contributed by atoms with Crippen molar-refractivity contribution in [2.75, 3.05) is 0 Å². The standard InChI is InChI=1S/C21H24OS/c1-13-5-7-18(15(3)9-13)20-11-17(22)12-21(23-20)19-8-6-14(2)10-16(19)4/h5-10,20-21H,11-12H2,1-4H3/t20-,21+. The second kappa shape index (κ2) is 6.52. The van der Waals surface area contributed by atoms with Crippen LogP contribution >= 0.6 is 11.8 Å². The molecule has 23 heavy (non-hydrogen) atoms. The molecule has 2 heteroatoms. The van der Waals surface area contributed by atoms with E-state index >= 15 is 0 Å². The summed E-state index contributed by atoms with van der Waals surface area (Å²) in [6.07, 6.45) is 1.33. The summed E-state index contributed by atoms with van der Waals surface area (Å²) in [5.41, 5.74) is 7.81. The third-order valence-corrected chi connectivity index (χ3v) is 6.20. The lowest BCUT2D eigenvalue weighted by Crippen LogP contribution is -2.17. The van der Waals surface area contributed by atoms with Crippen molar-refractivity contribution in [3.8, 4) is 0 Å². The van der Waals surface area contributed by atoms with Crippen LogP contribution in [0.2, 0.25) is 0 Å². The lowest BCUT2D eigenvalue weighted by Gasteiger charge is -2.30. The van der Waals surface area contributed by atoms with Crippen LogP contribution in [0.4, 0.5) is 0 Å². The number of carbonyl (C=O) groups is 1. The third-order valence-electron chi connectivity index (χ3n) is 4.70. The highest BCUT2D eigenvalue weighted by atomic mass is 32.2. The monoisotopic (exact) mass is 324 g/mol. The Morgan fingerprint density at radius 1 is 0.783 bits per heavy atom. The second-order valence-electron chi connectivity index (χ2n) is 6.78. The molecule has 120 valence electrons. The summed E-state index contributed by atoms with van der Waals surface area (Å²) < 4.78 is 0. The summed E-state index contributed by atoms with van der Waals surface area (Å²) in [4.78, 5) is 12.4. The normalized spacial score (nSPS) is 21.5. The number of Topliss-reactive ketones (excluding diaryl/α,β-unsaturated/α-hetero) is 1. The second-order valence-corrected chi connectivity index (χ2v) is 8.19. The van der Waals surface area contributed by atoms with Crippen LogP contribution in [-0.4, -0.2) is 5.78 Å². The zero-order valence-corrected chi connectivity index (χ0v) is 15.2. The molecule has 2 aromatic rings. The quantitative estimate of drug-likeness (QED) is 0.694. The van der Waals surface area contributed by atoms with E-state index in [0.29, 0.717) is 18.6 Å². The molecular weight excluding hydrogens is 300 g/mol. The van der Waals surface area contributed by atoms with Crippen molar-refractivity contribution in [3.63, 3.8) is 0 Å². The average molecular weight is 324 g/mol. The molecule has 0 aromatic heterocycles. The van der Waals surface area contributed by atoms with Crippen LogP contribution < -0.4 is 0 Å². The van der Waals surface area contributed by atoms with Crippen LogP contribution in [0.1, 0.15) is 56.7 Å². The zero-order valence-electron chi connectivity index (χ0n) is 14.3. The van der Waals surface area contributed by atoms with Crippen LogP contribution in [0.25, 0.3) is 0 Å². The van der Waals surface area contributed by atoms with E-state index in [-0.39, 0.29) is 10.5 Å². The van der Waals surface area contributed by atoms with Crippen LogP contribution in [-0.2, 0) is 4.79 Å². The SMILES string of the molecule is Cc1ccc([C@@H]2CC(=O)C[C@H](c3ccc(C)cc3C)S2)c(C)c1. The molecule has 0 spiro atoms. The van der Waals surface area contributed by atoms with Crippen LogP contribution in [0.15, 0.2) is 36.4 Å². The summed E-state index contributed by atoms with van der Waals surface area (Å²) in [6, 6.07) is 13.2. The van der Waals surface area contributed by atoms with E-state index in [2.05, 4.69) is 64.1 Å². The van der Waals surface area contributed by atoms with Crippen molar-refractivity contribution in [2.45, 2.75) is 51.0 Å². The maximum Gasteiger partial charge on any atom is 0.135 e. The van der Waals surface area contributed by atoms with Gasteiger partial charge in [0.1, 0.15) is 5.78 Å². The third kappa shape index (κ3) is 3.53. The summed E-state index contributed by atoms with van der Waals surface area (Å²) in [7, 11) is 0. The first-order valence-electron chi connectivity index (χ1n) is 8.25. The molecule has 0 radical (unpaired) electrons. The Hall–Kier alpha value is -1.54. The van der Waals surface area contributed by atoms with Crippen LogP contribution in [0.5, 0.6) is 0 Å². The van der Waals surface area contributed by atoms with E-state index in [4.69, 9.17) is 0 Å². The Labute approximate surface area is 143 Å². The molecule has 3 rings (SSSR count). The number of aryl methyl sites for hydroxylation is 4. The lowest BCUT2D eigenvalue weighted by atomic mass is 9.95. The molecule has 1 aliphatic rings. The van der Waals surface area contributed by atoms with Crippen molar-refractivity contribution < 1.29 is 4.79 Å². The molecule has 1 nitrogen and oxygen atoms in total. The highest BCUT2D eigenvalue weighted by Gasteiger charge is 2.31. The van der Waals surface area contributed by atoms with Gasteiger partial charge in [-0.05, 0) is 49.9 Å². The molecule has 1 saturated heterocycles. The number of benzene rings is 2. The smallest absolute Gasteiger partial charge is 0.135 e. The number of rotatable bonds is 2. The fourth-order valence-electron chi connectivity index (χ4n) is 3.53. The predicted molar refractivity (Wildman–Crippen MR) is 99.1 cm³/mol. The van der Waals surface area contributed by atoms with Crippen molar-refractivity contribution in [3.05, 3.63) is 69.8 Å². The van der Waals surface area contributed by atoms with Gasteiger partial charge in [-0.2, -0.15) is 0 Å². The fourth-order valence-corrected chi connectivity index (χ4v) is 5.31. The highest BCUT2D eigenvalue weighted by Crippen LogP contribution is 2.50. The van der Waals surface area contributed by atoms with Gasteiger partial charge in [0, 0.05) is 23.3 Å². The van der Waals surface area contributed by atoms with Crippen LogP contribution in [0, 0.1) is 27.7 Å². The Kier molecular flexibility index (Phi) is 4.63. The molecule has 0 amide bonds. The molecule has 2 atom stereocenters. The first-order chi connectivity index (χ1) is 10.9. The van der Waals surface area contributed by atoms with Gasteiger partial charge < -0.3 is 0 Å². The van der Waals surface area contributed by atoms with Gasteiger partial charge in [-0.25, -0.2) is 0 Å². The Morgan fingerprint density at radius 3 is 1.61 bits per heavy atom. The molecule has 0 saturated carbocycles. The minimum absolute atomic E-state index is 0.280. The number of hydrogen-bond acceptors (Lipinski definition) is 2. The van der Waals surface area contributed by atoms with E-state index < -0.39 is 0 Å². The summed E-state index contributed by atoms with van der Waals surface area (Å²) >= 11 is 1.96. The van der Waals surface area contributed by atoms with E-state index in [1.807, 2.05) is 11.8 Å². The number of thioether (sulfide) groups is 1. The van der Waals surface area contributed by atoms with E-state index in [1.165, 1.54) is 33.4 Å². The summed E-state index contributed by atoms with van der Waals surface area (Å²) in [5.74, 6) is 0.388. The molecule has 0 N–H and O–H groups in total. The molecule has 0 aliphatic carbocycles. The lowest BCUT2D eigenvalue weighted by molar-refractivity contribution is -0.119. The van der Waals surface area contributed by atoms with Crippen molar-refractivity contribution in [2.24, 2.45) is 0 Å². The maximum absolute atomic E-state index is 12.4. The van der Waals surface area contributed by atoms with Gasteiger partial charge in [0.05, 0.1) is 0 Å². The van der Waals surface area contributed by atoms with Crippen molar-refractivity contribution >= 4 is 17.5 Å². The molecule has 0 bridgehead atoms. The van der Waals surface area contributed by atoms with Gasteiger partial charge in [0.15, 0.2) is 0 Å². The number of carbonyl (C=O) groups excluding carboxylic acids is 1. The fraction of sp³-hybridized carbons (Fsp3) is 0.381. The first kappa shape index (κ1) is 16.3. The minimum Gasteiger partial charge on any atom is -0.300 e. The Balaban J connectivity index is 1.91. The molecule has 1 fully saturated rings. The zero-order chi connectivity index (χ0) is 16.6. The van der Waals surface area contributed by atoms with Crippen molar-refractivity contribution in [1.82, 2.24) is 0 Å². The van der Waals surface area contributed by atoms with Gasteiger partial charge in [-0.1, -0.05) is 47.5 Å². The molecule has 0 unspecified atom stereocenters. The van der Waals surface area contributed by atoms with Gasteiger partial charge in [-0.3, -0.25) is 4.79 Å². The summed E-state index contributed by atoms with van der Waals surface area (Å²) in [6.45, 7) is 8.56. The van der Waals surface area contributed by atoms with E-state index in [1.54, 1.807) is 0 Å². The molecule has 2 aromatic carbocycles. The maximum atomic E-state index is 12.4. The Morgan fingerprint density at radius 2 is 1.22 bits per heavy atom. The predicted octanol–water partition coefficient (Wildman–Crippen LogP) is 5.80. The molecule has 1 heterocycles. The van der Waals surface area contributed by atoms with Gasteiger partial charge in [0.25, 0.3) is 0 Å². The van der Waals surface area contributed by atoms with Crippen LogP contribution in [0.3, 0.4) is 0 Å². The first-order valence-corrected chi connectivity index (χ1v) is 9.20. The van der Waals surface area contributed by atoms with Gasteiger partial charge >= 0.3 is 0 Å². The number of hydrogen-bond donors (Lipinski definition) is 0. The summed E-state index contributed by atoms with van der Waals surface area (Å²) in [5, 5.41) is 0.560. The Bertz CT molecular complexity index is 686. The van der Waals surface area contributed by atoms with E-state index in [9.17, 15) is 4.79 Å². The van der Waals surface area contributed by atoms with E-state index in [0.717, 1.165) is 0 Å². The van der Waals surface area contributed by atoms with Crippen molar-refractivity contribution in [1.29, 1.82) is 0 Å². The average Bonchev–Trinajstić information content (AvgIpc) is 2.46. The minimum atomic E-state index is 0.280. The highest BCUT2D eigenvalue weighted by molar-refractivity contribution is 7.99. The van der Waals surface area contributed by atoms with Gasteiger partial charge in [0.2, 0.25) is 0 Å². The topological polar surface area (TPSA) is 17.1 Å². The molecule has 1 aliphatic heterocycles. The molecular formula is C21H24OS. The van der Waals surface area contributed by atoms with Gasteiger partial charge in [-0.15, -0.1) is 11.8 Å². The number of ketones is 1.